The lowest BCUT2D eigenvalue weighted by atomic mass is 9.91. The van der Waals surface area contributed by atoms with Crippen molar-refractivity contribution in [3.05, 3.63) is 0 Å². The van der Waals surface area contributed by atoms with Gasteiger partial charge in [0.2, 0.25) is 0 Å². The molecule has 0 aromatic heterocycles. The highest BCUT2D eigenvalue weighted by Gasteiger charge is 2.40. The zero-order valence-corrected chi connectivity index (χ0v) is 7.24. The van der Waals surface area contributed by atoms with Crippen molar-refractivity contribution in [2.75, 3.05) is 0 Å². The number of ether oxygens (including phenoxy) is 1. The standard InChI is InChI=1S/C8H13NO3/c1-4(9)7(10)3-6-5(2)12-8(6)11/h4-6H,3,9H2,1-2H3/t4-,5+,6-/m0/s1. The van der Waals surface area contributed by atoms with Gasteiger partial charge in [-0.05, 0) is 13.8 Å². The lowest BCUT2D eigenvalue weighted by Gasteiger charge is -2.32. The fourth-order valence-electron chi connectivity index (χ4n) is 1.12. The largest absolute Gasteiger partial charge is 0.461 e. The SMILES string of the molecule is C[C@H](N)C(=O)C[C@@H]1C(=O)O[C@@H]1C. The van der Waals surface area contributed by atoms with Crippen molar-refractivity contribution in [3.8, 4) is 0 Å². The van der Waals surface area contributed by atoms with Crippen molar-refractivity contribution in [2.24, 2.45) is 11.7 Å². The Kier molecular flexibility index (Phi) is 2.47. The van der Waals surface area contributed by atoms with E-state index in [2.05, 4.69) is 0 Å². The molecule has 12 heavy (non-hydrogen) atoms. The highest BCUT2D eigenvalue weighted by atomic mass is 16.6. The number of carbonyl (C=O) groups is 2. The van der Waals surface area contributed by atoms with Gasteiger partial charge in [-0.3, -0.25) is 9.59 Å². The molecule has 3 atom stereocenters. The summed E-state index contributed by atoms with van der Waals surface area (Å²) in [6, 6.07) is -0.481. The predicted molar refractivity (Wildman–Crippen MR) is 42.3 cm³/mol. The van der Waals surface area contributed by atoms with Crippen LogP contribution in [0.4, 0.5) is 0 Å². The van der Waals surface area contributed by atoms with Crippen LogP contribution in [0.3, 0.4) is 0 Å². The molecule has 1 fully saturated rings. The van der Waals surface area contributed by atoms with E-state index in [-0.39, 0.29) is 30.2 Å². The van der Waals surface area contributed by atoms with Gasteiger partial charge < -0.3 is 10.5 Å². The van der Waals surface area contributed by atoms with Crippen LogP contribution in [0.5, 0.6) is 0 Å². The van der Waals surface area contributed by atoms with Crippen LogP contribution in [0.2, 0.25) is 0 Å². The number of cyclic esters (lactones) is 1. The first-order valence-electron chi connectivity index (χ1n) is 4.01. The minimum atomic E-state index is -0.481. The molecule has 0 saturated carbocycles. The molecule has 0 unspecified atom stereocenters. The van der Waals surface area contributed by atoms with E-state index in [4.69, 9.17) is 10.5 Å². The Morgan fingerprint density at radius 1 is 1.75 bits per heavy atom. The Bertz CT molecular complexity index is 212. The van der Waals surface area contributed by atoms with Gasteiger partial charge in [-0.2, -0.15) is 0 Å². The van der Waals surface area contributed by atoms with E-state index in [1.807, 2.05) is 0 Å². The number of nitrogens with two attached hydrogens (primary N) is 1. The second kappa shape index (κ2) is 3.23. The fourth-order valence-corrected chi connectivity index (χ4v) is 1.12. The minimum absolute atomic E-state index is 0.0801. The van der Waals surface area contributed by atoms with Crippen LogP contribution in [0.25, 0.3) is 0 Å². The highest BCUT2D eigenvalue weighted by molar-refractivity contribution is 5.89. The van der Waals surface area contributed by atoms with Gasteiger partial charge in [-0.25, -0.2) is 0 Å². The topological polar surface area (TPSA) is 69.4 Å². The van der Waals surface area contributed by atoms with Crippen LogP contribution in [0.15, 0.2) is 0 Å². The molecule has 4 heteroatoms. The Morgan fingerprint density at radius 2 is 2.33 bits per heavy atom. The van der Waals surface area contributed by atoms with Crippen molar-refractivity contribution in [1.29, 1.82) is 0 Å². The maximum Gasteiger partial charge on any atom is 0.313 e. The molecule has 0 amide bonds. The third-order valence-electron chi connectivity index (χ3n) is 2.10. The summed E-state index contributed by atoms with van der Waals surface area (Å²) < 4.78 is 4.70. The maximum absolute atomic E-state index is 11.1. The summed E-state index contributed by atoms with van der Waals surface area (Å²) in [5.41, 5.74) is 5.35. The molecule has 1 aliphatic heterocycles. The number of esters is 1. The lowest BCUT2D eigenvalue weighted by molar-refractivity contribution is -0.183. The Morgan fingerprint density at radius 3 is 2.67 bits per heavy atom. The van der Waals surface area contributed by atoms with Gasteiger partial charge >= 0.3 is 5.97 Å². The molecule has 0 bridgehead atoms. The van der Waals surface area contributed by atoms with E-state index in [9.17, 15) is 9.59 Å². The van der Waals surface area contributed by atoms with Crippen LogP contribution in [0, 0.1) is 5.92 Å². The Balaban J connectivity index is 2.41. The van der Waals surface area contributed by atoms with E-state index in [1.165, 1.54) is 0 Å². The molecule has 4 nitrogen and oxygen atoms in total. The Hall–Kier alpha value is -0.900. The van der Waals surface area contributed by atoms with Crippen molar-refractivity contribution in [1.82, 2.24) is 0 Å². The third-order valence-corrected chi connectivity index (χ3v) is 2.10. The molecule has 1 saturated heterocycles. The first-order valence-corrected chi connectivity index (χ1v) is 4.01. The van der Waals surface area contributed by atoms with E-state index in [0.717, 1.165) is 0 Å². The van der Waals surface area contributed by atoms with Crippen molar-refractivity contribution < 1.29 is 14.3 Å². The van der Waals surface area contributed by atoms with Gasteiger partial charge in [0, 0.05) is 6.42 Å². The molecule has 0 aromatic rings. The van der Waals surface area contributed by atoms with Crippen molar-refractivity contribution >= 4 is 11.8 Å². The van der Waals surface area contributed by atoms with Crippen LogP contribution in [-0.4, -0.2) is 23.9 Å². The summed E-state index contributed by atoms with van der Waals surface area (Å²) in [5, 5.41) is 0. The highest BCUT2D eigenvalue weighted by Crippen LogP contribution is 2.25. The van der Waals surface area contributed by atoms with E-state index in [1.54, 1.807) is 13.8 Å². The van der Waals surface area contributed by atoms with Gasteiger partial charge in [0.1, 0.15) is 17.8 Å². The number of hydrogen-bond acceptors (Lipinski definition) is 4. The summed E-state index contributed by atoms with van der Waals surface area (Å²) in [4.78, 5) is 21.9. The smallest absolute Gasteiger partial charge is 0.313 e. The predicted octanol–water partition coefficient (Wildman–Crippen LogP) is -0.146. The maximum atomic E-state index is 11.1. The van der Waals surface area contributed by atoms with E-state index >= 15 is 0 Å². The summed E-state index contributed by atoms with van der Waals surface area (Å²) in [6.45, 7) is 3.40. The monoisotopic (exact) mass is 171 g/mol. The van der Waals surface area contributed by atoms with Crippen LogP contribution in [-0.2, 0) is 14.3 Å². The molecule has 68 valence electrons. The van der Waals surface area contributed by atoms with Crippen molar-refractivity contribution in [2.45, 2.75) is 32.4 Å². The average molecular weight is 171 g/mol. The quantitative estimate of drug-likeness (QED) is 0.600. The number of Topliss-reactive ketones (excluding diaryl/α,β-unsaturated/α-hetero) is 1. The average Bonchev–Trinajstić information content (AvgIpc) is 2.00. The molecular weight excluding hydrogens is 158 g/mol. The van der Waals surface area contributed by atoms with Gasteiger partial charge in [0.05, 0.1) is 6.04 Å². The lowest BCUT2D eigenvalue weighted by Crippen LogP contribution is -2.45. The molecule has 1 heterocycles. The number of hydrogen-bond donors (Lipinski definition) is 1. The fraction of sp³-hybridized carbons (Fsp3) is 0.750. The summed E-state index contributed by atoms with van der Waals surface area (Å²) in [6.07, 6.45) is 0.0951. The first-order chi connectivity index (χ1) is 5.52. The zero-order valence-electron chi connectivity index (χ0n) is 7.24. The van der Waals surface area contributed by atoms with Crippen LogP contribution < -0.4 is 5.73 Å². The van der Waals surface area contributed by atoms with Gasteiger partial charge in [0.25, 0.3) is 0 Å². The first kappa shape index (κ1) is 9.19. The van der Waals surface area contributed by atoms with Gasteiger partial charge in [-0.1, -0.05) is 0 Å². The summed E-state index contributed by atoms with van der Waals surface area (Å²) >= 11 is 0. The second-order valence-electron chi connectivity index (χ2n) is 3.21. The summed E-state index contributed by atoms with van der Waals surface area (Å²) in [7, 11) is 0. The second-order valence-corrected chi connectivity index (χ2v) is 3.21. The van der Waals surface area contributed by atoms with E-state index < -0.39 is 6.04 Å². The van der Waals surface area contributed by atoms with Gasteiger partial charge in [-0.15, -0.1) is 0 Å². The zero-order chi connectivity index (χ0) is 9.30. The number of ketones is 1. The normalized spacial score (nSPS) is 30.4. The van der Waals surface area contributed by atoms with Crippen molar-refractivity contribution in [3.63, 3.8) is 0 Å². The number of carbonyl (C=O) groups excluding carboxylic acids is 2. The molecule has 0 radical (unpaired) electrons. The molecule has 1 rings (SSSR count). The van der Waals surface area contributed by atoms with Gasteiger partial charge in [0.15, 0.2) is 0 Å². The Labute approximate surface area is 71.1 Å². The van der Waals surface area contributed by atoms with Crippen LogP contribution >= 0.6 is 0 Å². The molecule has 2 N–H and O–H groups in total. The molecule has 0 aliphatic carbocycles. The molecule has 0 aromatic carbocycles. The molecule has 1 aliphatic rings. The summed E-state index contributed by atoms with van der Waals surface area (Å²) in [5.74, 6) is -0.622. The van der Waals surface area contributed by atoms with Crippen LogP contribution in [0.1, 0.15) is 20.3 Å². The van der Waals surface area contributed by atoms with E-state index in [0.29, 0.717) is 0 Å². The number of rotatable bonds is 3. The molecule has 0 spiro atoms. The molecular formula is C8H13NO3. The third kappa shape index (κ3) is 1.64. The minimum Gasteiger partial charge on any atom is -0.461 e.